The zero-order valence-corrected chi connectivity index (χ0v) is 53.7. The number of sulfonamides is 2. The zero-order valence-electron chi connectivity index (χ0n) is 52.1. The number of aliphatic hydroxyl groups excluding tert-OH is 1. The number of para-hydroxylation sites is 1. The number of primary amides is 1. The molecule has 4 amide bonds. The first-order valence-electron chi connectivity index (χ1n) is 31.0. The van der Waals surface area contributed by atoms with Gasteiger partial charge in [0.2, 0.25) is 37.8 Å². The number of aromatic nitrogens is 1. The van der Waals surface area contributed by atoms with Crippen LogP contribution in [-0.2, 0) is 47.4 Å². The molecule has 3 heterocycles. The van der Waals surface area contributed by atoms with Crippen molar-refractivity contribution in [2.24, 2.45) is 17.6 Å². The van der Waals surface area contributed by atoms with Gasteiger partial charge in [0.15, 0.2) is 0 Å². The molecule has 0 radical (unpaired) electrons. The molecule has 2 saturated heterocycles. The topological polar surface area (TPSA) is 245 Å². The second-order valence-electron chi connectivity index (χ2n) is 25.2. The number of carbonyl (C=O) groups is 4. The van der Waals surface area contributed by atoms with E-state index in [0.29, 0.717) is 75.0 Å². The molecular formula is C69H89N9O9S2. The molecule has 1 aromatic heterocycles. The molecule has 6 N–H and O–H groups in total. The third-order valence-corrected chi connectivity index (χ3v) is 20.5. The largest absolute Gasteiger partial charge is 0.390 e. The number of nitrogens with two attached hydrogens (primary N) is 1. The number of likely N-dealkylation sites (tertiary alicyclic amines) is 1. The molecular weight excluding hydrogens is 1160 g/mol. The minimum atomic E-state index is -3.80. The van der Waals surface area contributed by atoms with Crippen molar-refractivity contribution < 1.29 is 41.1 Å². The first kappa shape index (κ1) is 67.8. The molecule has 0 unspecified atom stereocenters. The van der Waals surface area contributed by atoms with E-state index in [0.717, 1.165) is 53.3 Å². The van der Waals surface area contributed by atoms with E-state index in [1.54, 1.807) is 66.7 Å². The fourth-order valence-electron chi connectivity index (χ4n) is 12.2. The van der Waals surface area contributed by atoms with Gasteiger partial charge in [0.05, 0.1) is 39.9 Å². The van der Waals surface area contributed by atoms with Crippen LogP contribution in [0.15, 0.2) is 168 Å². The summed E-state index contributed by atoms with van der Waals surface area (Å²) in [7, 11) is -7.60. The average Bonchev–Trinajstić information content (AvgIpc) is 1.20. The van der Waals surface area contributed by atoms with E-state index in [4.69, 9.17) is 5.73 Å². The number of benzene rings is 5. The number of carbonyl (C=O) groups excluding carboxylic acids is 4. The Kier molecular flexibility index (Phi) is 23.6. The van der Waals surface area contributed by atoms with Crippen molar-refractivity contribution >= 4 is 54.6 Å². The summed E-state index contributed by atoms with van der Waals surface area (Å²) < 4.78 is 57.7. The number of rotatable bonds is 18. The van der Waals surface area contributed by atoms with Crippen LogP contribution in [0.2, 0.25) is 0 Å². The number of aliphatic hydroxyl groups is 1. The highest BCUT2D eigenvalue weighted by Gasteiger charge is 2.42. The number of fused-ring (bicyclic) bond motifs is 2. The Balaban J connectivity index is 0.000000235. The maximum Gasteiger partial charge on any atom is 0.270 e. The van der Waals surface area contributed by atoms with Gasteiger partial charge < -0.3 is 26.8 Å². The highest BCUT2D eigenvalue weighted by molar-refractivity contribution is 7.89. The number of β-amino-alcohol motifs (C(OH)–C–C–N with tert-alkyl or cyclic N) is 1. The van der Waals surface area contributed by atoms with Crippen LogP contribution in [0.4, 0.5) is 0 Å². The van der Waals surface area contributed by atoms with Crippen LogP contribution in [0.25, 0.3) is 10.9 Å². The fraction of sp³-hybridized carbons (Fsp3) is 0.435. The molecule has 3 fully saturated rings. The molecule has 1 saturated carbocycles. The smallest absolute Gasteiger partial charge is 0.270 e. The normalized spacial score (nSPS) is 19.8. The Morgan fingerprint density at radius 1 is 0.674 bits per heavy atom. The van der Waals surface area contributed by atoms with Crippen LogP contribution in [0.1, 0.15) is 105 Å². The minimum absolute atomic E-state index is 0.0504. The third kappa shape index (κ3) is 19.4. The van der Waals surface area contributed by atoms with Crippen LogP contribution in [-0.4, -0.2) is 151 Å². The van der Waals surface area contributed by atoms with Gasteiger partial charge in [0.1, 0.15) is 11.7 Å². The van der Waals surface area contributed by atoms with E-state index in [1.165, 1.54) is 15.0 Å². The van der Waals surface area contributed by atoms with E-state index in [2.05, 4.69) is 49.4 Å². The van der Waals surface area contributed by atoms with Crippen molar-refractivity contribution in [3.05, 3.63) is 186 Å². The molecule has 89 heavy (non-hydrogen) atoms. The van der Waals surface area contributed by atoms with Gasteiger partial charge in [-0.3, -0.25) is 29.0 Å². The van der Waals surface area contributed by atoms with Crippen molar-refractivity contribution in [1.82, 2.24) is 39.3 Å². The van der Waals surface area contributed by atoms with Crippen molar-refractivity contribution in [3.63, 3.8) is 0 Å². The molecule has 1 aliphatic carbocycles. The molecule has 0 bridgehead atoms. The summed E-state index contributed by atoms with van der Waals surface area (Å²) in [5.74, 6) is -1.20. The second-order valence-corrected chi connectivity index (χ2v) is 29.1. The van der Waals surface area contributed by atoms with Crippen molar-refractivity contribution in [3.8, 4) is 0 Å². The van der Waals surface area contributed by atoms with E-state index in [1.807, 2.05) is 101 Å². The summed E-state index contributed by atoms with van der Waals surface area (Å²) in [5.41, 5.74) is 10.4. The Labute approximate surface area is 526 Å². The zero-order chi connectivity index (χ0) is 63.9. The average molecular weight is 1250 g/mol. The van der Waals surface area contributed by atoms with Gasteiger partial charge in [0.25, 0.3) is 5.91 Å². The summed E-state index contributed by atoms with van der Waals surface area (Å²) in [4.78, 5) is 62.0. The number of piperidine rings is 1. The number of hydrogen-bond acceptors (Lipinski definition) is 12. The summed E-state index contributed by atoms with van der Waals surface area (Å²) in [6, 6.07) is 41.4. The third-order valence-electron chi connectivity index (χ3n) is 16.8. The highest BCUT2D eigenvalue weighted by Crippen LogP contribution is 2.39. The van der Waals surface area contributed by atoms with Gasteiger partial charge in [-0.25, -0.2) is 21.8 Å². The maximum absolute atomic E-state index is 13.8. The summed E-state index contributed by atoms with van der Waals surface area (Å²) in [5, 5.41) is 21.4. The van der Waals surface area contributed by atoms with E-state index in [-0.39, 0.29) is 47.4 Å². The lowest BCUT2D eigenvalue weighted by molar-refractivity contribution is -0.133. The molecule has 6 aromatic rings. The first-order chi connectivity index (χ1) is 42.4. The molecule has 5 aromatic carbocycles. The van der Waals surface area contributed by atoms with Crippen LogP contribution in [0.5, 0.6) is 0 Å². The van der Waals surface area contributed by atoms with E-state index >= 15 is 0 Å². The van der Waals surface area contributed by atoms with E-state index < -0.39 is 74.0 Å². The number of hydrogen-bond donors (Lipinski definition) is 5. The lowest BCUT2D eigenvalue weighted by Crippen LogP contribution is -2.61. The molecule has 9 rings (SSSR count). The molecule has 476 valence electrons. The van der Waals surface area contributed by atoms with Crippen LogP contribution >= 0.6 is 0 Å². The summed E-state index contributed by atoms with van der Waals surface area (Å²) in [6.45, 7) is 17.5. The second kappa shape index (κ2) is 31.0. The summed E-state index contributed by atoms with van der Waals surface area (Å²) in [6.07, 6.45) is 5.33. The number of nitrogens with one attached hydrogen (secondary N) is 3. The fourth-order valence-corrected chi connectivity index (χ4v) is 15.2. The lowest BCUT2D eigenvalue weighted by Gasteiger charge is -2.47. The van der Waals surface area contributed by atoms with Gasteiger partial charge in [-0.15, -0.1) is 0 Å². The van der Waals surface area contributed by atoms with Gasteiger partial charge >= 0.3 is 0 Å². The van der Waals surface area contributed by atoms with Crippen LogP contribution in [0, 0.1) is 25.7 Å². The standard InChI is InChI=1S/C38H50N6O5.C31H39N3O4S2/c1-38(2,3)43-37(49)32-20-26-14-7-8-15-27(26)22-44(32)23-33(45)30(19-24-11-5-4-6-12-24)41-36(48)31(21-34(39)46)42-35(47)29-18-17-25-13-9-10-16-28(25)40-29;1-26-11-15-30(16-12-26)39(35,36)33-21-7-19-32(25-29-9-5-4-6-10-29)20-8-22-34(24-28(3)23-33)40(37,38)31-17-13-27(2)14-18-31/h4-6,9-13,16-18,26-27,30-33,45H,7-8,14-15,19-23H2,1-3H3,(H2,39,46)(H,41,48)(H,42,47)(H,43,49);4-6,9-18H,3,7-8,19-25H2,1-2H3/t26-,27+,30-,31-,32-,33+;/m0./s1. The van der Waals surface area contributed by atoms with Gasteiger partial charge in [-0.05, 0) is 145 Å². The molecule has 2 aliphatic heterocycles. The minimum Gasteiger partial charge on any atom is -0.390 e. The van der Waals surface area contributed by atoms with Crippen molar-refractivity contribution in [1.29, 1.82) is 0 Å². The first-order valence-corrected chi connectivity index (χ1v) is 33.9. The van der Waals surface area contributed by atoms with Gasteiger partial charge in [0, 0.05) is 56.7 Å². The SMILES string of the molecule is C=C1CN(S(=O)(=O)c2ccc(C)cc2)CCCN(Cc2ccccc2)CCCN(S(=O)(=O)c2ccc(C)cc2)C1.CC(C)(C)NC(=O)[C@@H]1C[C@@H]2CCCC[C@@H]2CN1C[C@@H](O)[C@H](Cc1ccccc1)NC(=O)[C@H](CC(N)=O)NC(=O)c1ccc2ccccc2n1. The highest BCUT2D eigenvalue weighted by atomic mass is 32.2. The Bertz CT molecular complexity index is 3500. The number of nitrogens with zero attached hydrogens (tertiary/aromatic N) is 5. The molecule has 6 atom stereocenters. The number of amides is 4. The lowest BCUT2D eigenvalue weighted by atomic mass is 9.72. The predicted octanol–water partition coefficient (Wildman–Crippen LogP) is 7.93. The Morgan fingerprint density at radius 3 is 1.78 bits per heavy atom. The number of aryl methyl sites for hydroxylation is 2. The molecule has 20 heteroatoms. The Hall–Kier alpha value is -7.17. The quantitative estimate of drug-likeness (QED) is 0.0515. The molecule has 3 aliphatic rings. The van der Waals surface area contributed by atoms with Crippen molar-refractivity contribution in [2.45, 2.75) is 139 Å². The van der Waals surface area contributed by atoms with Crippen LogP contribution in [0.3, 0.4) is 0 Å². The molecule has 0 spiro atoms. The van der Waals surface area contributed by atoms with Gasteiger partial charge in [-0.1, -0.05) is 146 Å². The number of pyridine rings is 1. The molecule has 18 nitrogen and oxygen atoms in total. The van der Waals surface area contributed by atoms with Crippen molar-refractivity contribution in [2.75, 3.05) is 52.4 Å². The maximum atomic E-state index is 13.8. The van der Waals surface area contributed by atoms with Crippen LogP contribution < -0.4 is 21.7 Å². The Morgan fingerprint density at radius 2 is 1.21 bits per heavy atom. The summed E-state index contributed by atoms with van der Waals surface area (Å²) >= 11 is 0. The predicted molar refractivity (Wildman–Crippen MR) is 348 cm³/mol. The monoisotopic (exact) mass is 1250 g/mol. The van der Waals surface area contributed by atoms with E-state index in [9.17, 15) is 41.1 Å². The van der Waals surface area contributed by atoms with Gasteiger partial charge in [-0.2, -0.15) is 8.61 Å².